The highest BCUT2D eigenvalue weighted by Gasteiger charge is 2.20. The van der Waals surface area contributed by atoms with E-state index in [1.165, 1.54) is 0 Å². The van der Waals surface area contributed by atoms with Crippen LogP contribution in [0, 0.1) is 0 Å². The fourth-order valence-electron chi connectivity index (χ4n) is 2.08. The van der Waals surface area contributed by atoms with E-state index in [0.29, 0.717) is 6.42 Å². The van der Waals surface area contributed by atoms with Gasteiger partial charge in [-0.1, -0.05) is 30.3 Å². The monoisotopic (exact) mass is 245 g/mol. The van der Waals surface area contributed by atoms with Crippen molar-refractivity contribution in [2.45, 2.75) is 32.0 Å². The first-order chi connectivity index (χ1) is 8.72. The molecule has 0 spiro atoms. The van der Waals surface area contributed by atoms with Gasteiger partial charge in [0.05, 0.1) is 5.69 Å². The van der Waals surface area contributed by atoms with Crippen molar-refractivity contribution < 1.29 is 5.11 Å². The number of rotatable bonds is 5. The Balaban J connectivity index is 2.07. The van der Waals surface area contributed by atoms with E-state index in [4.69, 9.17) is 5.73 Å². The molecule has 0 fully saturated rings. The molecule has 2 rings (SSSR count). The first kappa shape index (κ1) is 12.8. The summed E-state index contributed by atoms with van der Waals surface area (Å²) < 4.78 is 1.77. The summed E-state index contributed by atoms with van der Waals surface area (Å²) in [6, 6.07) is 11.5. The van der Waals surface area contributed by atoms with Crippen molar-refractivity contribution in [1.29, 1.82) is 0 Å². The molecule has 0 saturated heterocycles. The van der Waals surface area contributed by atoms with Gasteiger partial charge < -0.3 is 10.8 Å². The molecule has 2 atom stereocenters. The first-order valence-corrected chi connectivity index (χ1v) is 6.21. The van der Waals surface area contributed by atoms with E-state index in [0.717, 1.165) is 17.8 Å². The molecule has 1 aromatic carbocycles. The molecule has 0 aliphatic heterocycles. The summed E-state index contributed by atoms with van der Waals surface area (Å²) in [6.07, 6.45) is 1.65. The Hall–Kier alpha value is -1.65. The number of aryl methyl sites for hydroxylation is 1. The van der Waals surface area contributed by atoms with Crippen molar-refractivity contribution in [3.63, 3.8) is 0 Å². The second-order valence-corrected chi connectivity index (χ2v) is 4.37. The van der Waals surface area contributed by atoms with Crippen LogP contribution in [0.5, 0.6) is 0 Å². The molecule has 4 nitrogen and oxygen atoms in total. The Morgan fingerprint density at radius 2 is 2.00 bits per heavy atom. The fourth-order valence-corrected chi connectivity index (χ4v) is 2.08. The smallest absolute Gasteiger partial charge is 0.111 e. The molecular formula is C14H19N3O. The molecule has 0 radical (unpaired) electrons. The van der Waals surface area contributed by atoms with Gasteiger partial charge in [-0.2, -0.15) is 5.10 Å². The Bertz CT molecular complexity index is 481. The minimum Gasteiger partial charge on any atom is -0.385 e. The first-order valence-electron chi connectivity index (χ1n) is 6.21. The van der Waals surface area contributed by atoms with Crippen molar-refractivity contribution >= 4 is 0 Å². The van der Waals surface area contributed by atoms with Gasteiger partial charge in [-0.3, -0.25) is 4.68 Å². The van der Waals surface area contributed by atoms with Gasteiger partial charge in [0.1, 0.15) is 6.10 Å². The largest absolute Gasteiger partial charge is 0.385 e. The summed E-state index contributed by atoms with van der Waals surface area (Å²) >= 11 is 0. The molecule has 18 heavy (non-hydrogen) atoms. The quantitative estimate of drug-likeness (QED) is 0.839. The van der Waals surface area contributed by atoms with Crippen LogP contribution in [0.15, 0.2) is 42.6 Å². The summed E-state index contributed by atoms with van der Waals surface area (Å²) in [7, 11) is 0. The number of hydrogen-bond acceptors (Lipinski definition) is 3. The molecule has 96 valence electrons. The zero-order valence-electron chi connectivity index (χ0n) is 10.5. The van der Waals surface area contributed by atoms with Crippen LogP contribution in [0.1, 0.15) is 24.3 Å². The maximum absolute atomic E-state index is 10.3. The molecule has 1 heterocycles. The highest BCUT2D eigenvalue weighted by atomic mass is 16.3. The summed E-state index contributed by atoms with van der Waals surface area (Å²) in [5.74, 6) is 0. The zero-order valence-corrected chi connectivity index (χ0v) is 10.5. The Labute approximate surface area is 107 Å². The predicted molar refractivity (Wildman–Crippen MR) is 71.0 cm³/mol. The van der Waals surface area contributed by atoms with E-state index in [9.17, 15) is 5.11 Å². The SMILES string of the molecule is CCn1nccc1C(O)C(N)Cc1ccccc1. The van der Waals surface area contributed by atoms with E-state index in [2.05, 4.69) is 5.10 Å². The Morgan fingerprint density at radius 1 is 1.28 bits per heavy atom. The van der Waals surface area contributed by atoms with Crippen LogP contribution in [-0.2, 0) is 13.0 Å². The lowest BCUT2D eigenvalue weighted by molar-refractivity contribution is 0.136. The van der Waals surface area contributed by atoms with Crippen LogP contribution in [-0.4, -0.2) is 20.9 Å². The van der Waals surface area contributed by atoms with Crippen molar-refractivity contribution in [2.24, 2.45) is 5.73 Å². The molecule has 4 heteroatoms. The summed E-state index contributed by atoms with van der Waals surface area (Å²) in [6.45, 7) is 2.73. The molecule has 1 aromatic heterocycles. The summed E-state index contributed by atoms with van der Waals surface area (Å²) in [5.41, 5.74) is 7.98. The van der Waals surface area contributed by atoms with Gasteiger partial charge >= 0.3 is 0 Å². The van der Waals surface area contributed by atoms with E-state index < -0.39 is 6.10 Å². The van der Waals surface area contributed by atoms with Gasteiger partial charge in [0.25, 0.3) is 0 Å². The standard InChI is InChI=1S/C14H19N3O/c1-2-17-13(8-9-16-17)14(18)12(15)10-11-6-4-3-5-7-11/h3-9,12,14,18H,2,10,15H2,1H3. The van der Waals surface area contributed by atoms with Crippen LogP contribution in [0.25, 0.3) is 0 Å². The average molecular weight is 245 g/mol. The predicted octanol–water partition coefficient (Wildman–Crippen LogP) is 1.51. The molecule has 0 aliphatic carbocycles. The third-order valence-corrected chi connectivity index (χ3v) is 3.07. The van der Waals surface area contributed by atoms with Gasteiger partial charge in [-0.25, -0.2) is 0 Å². The number of aliphatic hydroxyl groups is 1. The molecule has 2 aromatic rings. The van der Waals surface area contributed by atoms with Crippen LogP contribution in [0.4, 0.5) is 0 Å². The average Bonchev–Trinajstić information content (AvgIpc) is 2.87. The van der Waals surface area contributed by atoms with Crippen LogP contribution in [0.2, 0.25) is 0 Å². The number of aliphatic hydroxyl groups excluding tert-OH is 1. The van der Waals surface area contributed by atoms with Gasteiger partial charge in [0.15, 0.2) is 0 Å². The number of aromatic nitrogens is 2. The third kappa shape index (κ3) is 2.78. The topological polar surface area (TPSA) is 64.1 Å². The maximum atomic E-state index is 10.3. The van der Waals surface area contributed by atoms with Gasteiger partial charge in [-0.05, 0) is 25.0 Å². The lowest BCUT2D eigenvalue weighted by Gasteiger charge is -2.19. The van der Waals surface area contributed by atoms with Crippen molar-refractivity contribution in [3.8, 4) is 0 Å². The van der Waals surface area contributed by atoms with E-state index in [-0.39, 0.29) is 6.04 Å². The maximum Gasteiger partial charge on any atom is 0.111 e. The highest BCUT2D eigenvalue weighted by Crippen LogP contribution is 2.18. The van der Waals surface area contributed by atoms with E-state index >= 15 is 0 Å². The molecule has 0 amide bonds. The molecule has 0 bridgehead atoms. The second kappa shape index (κ2) is 5.80. The number of nitrogens with two attached hydrogens (primary N) is 1. The number of nitrogens with zero attached hydrogens (tertiary/aromatic N) is 2. The number of hydrogen-bond donors (Lipinski definition) is 2. The lowest BCUT2D eigenvalue weighted by Crippen LogP contribution is -2.32. The Morgan fingerprint density at radius 3 is 2.67 bits per heavy atom. The molecule has 3 N–H and O–H groups in total. The van der Waals surface area contributed by atoms with Gasteiger partial charge in [-0.15, -0.1) is 0 Å². The van der Waals surface area contributed by atoms with Gasteiger partial charge in [0, 0.05) is 18.8 Å². The van der Waals surface area contributed by atoms with Crippen LogP contribution >= 0.6 is 0 Å². The molecule has 0 aliphatic rings. The minimum atomic E-state index is -0.687. The minimum absolute atomic E-state index is 0.325. The lowest BCUT2D eigenvalue weighted by atomic mass is 10.0. The Kier molecular flexibility index (Phi) is 4.12. The second-order valence-electron chi connectivity index (χ2n) is 4.37. The van der Waals surface area contributed by atoms with Gasteiger partial charge in [0.2, 0.25) is 0 Å². The molecule has 0 saturated carbocycles. The fraction of sp³-hybridized carbons (Fsp3) is 0.357. The van der Waals surface area contributed by atoms with E-state index in [1.807, 2.05) is 43.3 Å². The molecule has 2 unspecified atom stereocenters. The highest BCUT2D eigenvalue weighted by molar-refractivity contribution is 5.17. The van der Waals surface area contributed by atoms with Crippen LogP contribution < -0.4 is 5.73 Å². The zero-order chi connectivity index (χ0) is 13.0. The third-order valence-electron chi connectivity index (χ3n) is 3.07. The normalized spacial score (nSPS) is 14.4. The summed E-state index contributed by atoms with van der Waals surface area (Å²) in [4.78, 5) is 0. The van der Waals surface area contributed by atoms with Crippen molar-refractivity contribution in [3.05, 3.63) is 53.9 Å². The van der Waals surface area contributed by atoms with Crippen molar-refractivity contribution in [2.75, 3.05) is 0 Å². The van der Waals surface area contributed by atoms with E-state index in [1.54, 1.807) is 10.9 Å². The summed E-state index contributed by atoms with van der Waals surface area (Å²) in [5, 5.41) is 14.4. The van der Waals surface area contributed by atoms with Crippen molar-refractivity contribution in [1.82, 2.24) is 9.78 Å². The molecular weight excluding hydrogens is 226 g/mol. The van der Waals surface area contributed by atoms with Crippen LogP contribution in [0.3, 0.4) is 0 Å². The number of benzene rings is 1.